The molecule has 0 heterocycles. The van der Waals surface area contributed by atoms with Crippen LogP contribution in [-0.4, -0.2) is 11.8 Å². The third kappa shape index (κ3) is 3.17. The van der Waals surface area contributed by atoms with Crippen molar-refractivity contribution in [2.75, 3.05) is 0 Å². The zero-order valence-corrected chi connectivity index (χ0v) is 12.8. The Morgan fingerprint density at radius 1 is 0.913 bits per heavy atom. The molecule has 0 aliphatic heterocycles. The minimum absolute atomic E-state index is 0.127. The van der Waals surface area contributed by atoms with Crippen LogP contribution in [0.15, 0.2) is 71.9 Å². The molecule has 114 valence electrons. The molecule has 0 aliphatic rings. The van der Waals surface area contributed by atoms with Crippen LogP contribution >= 0.6 is 11.6 Å². The molecule has 0 radical (unpaired) electrons. The van der Waals surface area contributed by atoms with E-state index in [2.05, 4.69) is 5.16 Å². The van der Waals surface area contributed by atoms with E-state index in [1.165, 1.54) is 0 Å². The Balaban J connectivity index is 1.88. The number of fused-ring (bicyclic) bond motifs is 1. The van der Waals surface area contributed by atoms with Gasteiger partial charge in [-0.2, -0.15) is 0 Å². The molecule has 0 atom stereocenters. The predicted octanol–water partition coefficient (Wildman–Crippen LogP) is 3.97. The summed E-state index contributed by atoms with van der Waals surface area (Å²) in [6, 6.07) is 20.0. The lowest BCUT2D eigenvalue weighted by Crippen LogP contribution is -2.15. The van der Waals surface area contributed by atoms with E-state index in [0.717, 1.165) is 10.8 Å². The van der Waals surface area contributed by atoms with Gasteiger partial charge in [0.25, 0.3) is 0 Å². The van der Waals surface area contributed by atoms with Gasteiger partial charge in [0.2, 0.25) is 0 Å². The van der Waals surface area contributed by atoms with Gasteiger partial charge in [0.15, 0.2) is 5.84 Å². The minimum atomic E-state index is -0.654. The molecule has 23 heavy (non-hydrogen) atoms. The molecule has 0 bridgehead atoms. The van der Waals surface area contributed by atoms with Gasteiger partial charge in [0, 0.05) is 5.56 Å². The second-order valence-corrected chi connectivity index (χ2v) is 5.27. The van der Waals surface area contributed by atoms with E-state index in [-0.39, 0.29) is 11.4 Å². The molecule has 0 spiro atoms. The molecule has 3 aromatic carbocycles. The standard InChI is InChI=1S/C18H13ClN2O2/c19-16-11-4-3-9-15(16)18(22)23-21-17(20)14-10-5-7-12-6-1-2-8-13(12)14/h1-11H,(H2,20,21). The van der Waals surface area contributed by atoms with Crippen LogP contribution in [-0.2, 0) is 4.84 Å². The van der Waals surface area contributed by atoms with Crippen molar-refractivity contribution >= 4 is 34.2 Å². The number of halogens is 1. The lowest BCUT2D eigenvalue weighted by atomic mass is 10.0. The summed E-state index contributed by atoms with van der Waals surface area (Å²) in [4.78, 5) is 16.9. The first kappa shape index (κ1) is 15.1. The molecule has 0 unspecified atom stereocenters. The summed E-state index contributed by atoms with van der Waals surface area (Å²) in [6.45, 7) is 0. The second kappa shape index (κ2) is 6.50. The highest BCUT2D eigenvalue weighted by atomic mass is 35.5. The van der Waals surface area contributed by atoms with Gasteiger partial charge in [0.1, 0.15) is 0 Å². The fraction of sp³-hybridized carbons (Fsp3) is 0. The molecular formula is C18H13ClN2O2. The third-order valence-corrected chi connectivity index (χ3v) is 3.72. The zero-order valence-electron chi connectivity index (χ0n) is 12.1. The van der Waals surface area contributed by atoms with Gasteiger partial charge < -0.3 is 10.6 Å². The van der Waals surface area contributed by atoms with Crippen LogP contribution in [0.4, 0.5) is 0 Å². The normalized spacial score (nSPS) is 11.4. The minimum Gasteiger partial charge on any atom is -0.380 e. The van der Waals surface area contributed by atoms with E-state index in [0.29, 0.717) is 10.6 Å². The van der Waals surface area contributed by atoms with Crippen molar-refractivity contribution in [3.05, 3.63) is 82.9 Å². The summed E-state index contributed by atoms with van der Waals surface area (Å²) in [5.41, 5.74) is 6.91. The highest BCUT2D eigenvalue weighted by molar-refractivity contribution is 6.33. The number of amidine groups is 1. The summed E-state index contributed by atoms with van der Waals surface area (Å²) in [6.07, 6.45) is 0. The predicted molar refractivity (Wildman–Crippen MR) is 91.5 cm³/mol. The van der Waals surface area contributed by atoms with Crippen molar-refractivity contribution < 1.29 is 9.63 Å². The van der Waals surface area contributed by atoms with E-state index in [4.69, 9.17) is 22.2 Å². The van der Waals surface area contributed by atoms with Gasteiger partial charge in [-0.05, 0) is 22.9 Å². The number of benzene rings is 3. The van der Waals surface area contributed by atoms with Crippen molar-refractivity contribution in [2.45, 2.75) is 0 Å². The summed E-state index contributed by atoms with van der Waals surface area (Å²) >= 11 is 5.95. The van der Waals surface area contributed by atoms with Gasteiger partial charge in [-0.25, -0.2) is 4.79 Å². The number of nitrogens with zero attached hydrogens (tertiary/aromatic N) is 1. The van der Waals surface area contributed by atoms with E-state index in [1.54, 1.807) is 24.3 Å². The van der Waals surface area contributed by atoms with Crippen LogP contribution in [0.25, 0.3) is 10.8 Å². The number of nitrogens with two attached hydrogens (primary N) is 1. The Labute approximate surface area is 138 Å². The van der Waals surface area contributed by atoms with Crippen molar-refractivity contribution in [2.24, 2.45) is 10.9 Å². The maximum atomic E-state index is 12.0. The molecule has 0 amide bonds. The van der Waals surface area contributed by atoms with E-state index in [9.17, 15) is 4.79 Å². The van der Waals surface area contributed by atoms with Crippen molar-refractivity contribution in [1.29, 1.82) is 0 Å². The molecular weight excluding hydrogens is 312 g/mol. The number of rotatable bonds is 3. The van der Waals surface area contributed by atoms with Gasteiger partial charge in [-0.1, -0.05) is 71.4 Å². The fourth-order valence-electron chi connectivity index (χ4n) is 2.26. The maximum absolute atomic E-state index is 12.0. The SMILES string of the molecule is N/C(=N\OC(=O)c1ccccc1Cl)c1cccc2ccccc12. The van der Waals surface area contributed by atoms with Crippen LogP contribution in [0.1, 0.15) is 15.9 Å². The highest BCUT2D eigenvalue weighted by Gasteiger charge is 2.12. The Bertz CT molecular complexity index is 901. The number of carbonyl (C=O) groups is 1. The number of hydrogen-bond acceptors (Lipinski definition) is 3. The molecule has 0 aliphatic carbocycles. The fourth-order valence-corrected chi connectivity index (χ4v) is 2.48. The average molecular weight is 325 g/mol. The molecule has 0 saturated heterocycles. The molecule has 3 aromatic rings. The lowest BCUT2D eigenvalue weighted by Gasteiger charge is -2.06. The van der Waals surface area contributed by atoms with Crippen LogP contribution in [0.5, 0.6) is 0 Å². The van der Waals surface area contributed by atoms with E-state index in [1.807, 2.05) is 42.5 Å². The van der Waals surface area contributed by atoms with Crippen molar-refractivity contribution in [1.82, 2.24) is 0 Å². The summed E-state index contributed by atoms with van der Waals surface area (Å²) < 4.78 is 0. The topological polar surface area (TPSA) is 64.7 Å². The molecule has 5 heteroatoms. The van der Waals surface area contributed by atoms with Gasteiger partial charge in [0.05, 0.1) is 10.6 Å². The largest absolute Gasteiger partial charge is 0.380 e. The van der Waals surface area contributed by atoms with Gasteiger partial charge in [-0.15, -0.1) is 0 Å². The molecule has 0 fully saturated rings. The smallest absolute Gasteiger partial charge is 0.367 e. The average Bonchev–Trinajstić information content (AvgIpc) is 2.59. The lowest BCUT2D eigenvalue weighted by molar-refractivity contribution is 0.0516. The van der Waals surface area contributed by atoms with Crippen LogP contribution < -0.4 is 5.73 Å². The maximum Gasteiger partial charge on any atom is 0.367 e. The van der Waals surface area contributed by atoms with Crippen molar-refractivity contribution in [3.8, 4) is 0 Å². The Morgan fingerprint density at radius 3 is 2.39 bits per heavy atom. The first-order valence-electron chi connectivity index (χ1n) is 6.94. The van der Waals surface area contributed by atoms with Gasteiger partial charge in [-0.3, -0.25) is 0 Å². The van der Waals surface area contributed by atoms with Crippen LogP contribution in [0, 0.1) is 0 Å². The molecule has 3 rings (SSSR count). The third-order valence-electron chi connectivity index (χ3n) is 3.39. The molecule has 0 aromatic heterocycles. The monoisotopic (exact) mass is 324 g/mol. The van der Waals surface area contributed by atoms with Gasteiger partial charge >= 0.3 is 5.97 Å². The molecule has 2 N–H and O–H groups in total. The summed E-state index contributed by atoms with van der Waals surface area (Å²) in [5.74, 6) is -0.527. The zero-order chi connectivity index (χ0) is 16.2. The first-order valence-corrected chi connectivity index (χ1v) is 7.32. The Kier molecular flexibility index (Phi) is 4.26. The van der Waals surface area contributed by atoms with Crippen LogP contribution in [0.2, 0.25) is 5.02 Å². The summed E-state index contributed by atoms with van der Waals surface area (Å²) in [5, 5.41) is 6.01. The van der Waals surface area contributed by atoms with E-state index < -0.39 is 5.97 Å². The summed E-state index contributed by atoms with van der Waals surface area (Å²) in [7, 11) is 0. The van der Waals surface area contributed by atoms with E-state index >= 15 is 0 Å². The van der Waals surface area contributed by atoms with Crippen LogP contribution in [0.3, 0.4) is 0 Å². The molecule has 4 nitrogen and oxygen atoms in total. The number of hydrogen-bond donors (Lipinski definition) is 1. The Morgan fingerprint density at radius 2 is 1.57 bits per heavy atom. The molecule has 0 saturated carbocycles. The second-order valence-electron chi connectivity index (χ2n) is 4.86. The Hall–Kier alpha value is -2.85. The first-order chi connectivity index (χ1) is 11.2. The number of oxime groups is 1. The quantitative estimate of drug-likeness (QED) is 0.343. The highest BCUT2D eigenvalue weighted by Crippen LogP contribution is 2.19. The van der Waals surface area contributed by atoms with Crippen molar-refractivity contribution in [3.63, 3.8) is 0 Å². The number of carbonyl (C=O) groups excluding carboxylic acids is 1.